The van der Waals surface area contributed by atoms with Crippen molar-refractivity contribution in [1.82, 2.24) is 0 Å². The number of azo groups is 2. The molecule has 12 nitrogen and oxygen atoms in total. The summed E-state index contributed by atoms with van der Waals surface area (Å²) in [5.74, 6) is -1.03. The van der Waals surface area contributed by atoms with Crippen molar-refractivity contribution in [3.63, 3.8) is 0 Å². The van der Waals surface area contributed by atoms with Gasteiger partial charge in [0.05, 0.1) is 27.6 Å². The number of fused-ring (bicyclic) bond motifs is 1. The molecule has 0 aromatic heterocycles. The second kappa shape index (κ2) is 14.8. The Morgan fingerprint density at radius 3 is 1.59 bits per heavy atom. The minimum Gasteiger partial charge on any atom is -0.872 e. The number of rotatable bonds is 7. The van der Waals surface area contributed by atoms with Crippen molar-refractivity contribution < 1.29 is 95.3 Å². The summed E-state index contributed by atoms with van der Waals surface area (Å²) in [6, 6.07) is 20.5. The van der Waals surface area contributed by atoms with E-state index in [0.29, 0.717) is 17.1 Å². The summed E-state index contributed by atoms with van der Waals surface area (Å²) in [4.78, 5) is -1.42. The summed E-state index contributed by atoms with van der Waals surface area (Å²) in [5, 5.41) is 40.4. The van der Waals surface area contributed by atoms with Gasteiger partial charge in [0.25, 0.3) is 20.2 Å². The summed E-state index contributed by atoms with van der Waals surface area (Å²) >= 11 is 0. The van der Waals surface area contributed by atoms with Gasteiger partial charge in [-0.2, -0.15) is 32.2 Å². The van der Waals surface area contributed by atoms with Gasteiger partial charge in [0.2, 0.25) is 0 Å². The molecule has 5 aromatic carbocycles. The van der Waals surface area contributed by atoms with E-state index in [-0.39, 0.29) is 75.6 Å². The van der Waals surface area contributed by atoms with E-state index in [9.17, 15) is 36.2 Å². The van der Waals surface area contributed by atoms with Crippen LogP contribution in [0.1, 0.15) is 11.1 Å². The summed E-state index contributed by atoms with van der Waals surface area (Å²) in [7, 11) is -9.61. The zero-order valence-corrected chi connectivity index (χ0v) is 30.7. The first-order valence-electron chi connectivity index (χ1n) is 12.8. The third kappa shape index (κ3) is 8.46. The van der Waals surface area contributed by atoms with Crippen LogP contribution in [-0.4, -0.2) is 25.9 Å². The van der Waals surface area contributed by atoms with Gasteiger partial charge in [0.1, 0.15) is 4.90 Å². The molecule has 0 unspecified atom stereocenters. The fraction of sp³-hybridized carbons (Fsp3) is 0.0667. The van der Waals surface area contributed by atoms with E-state index in [2.05, 4.69) is 20.5 Å². The molecule has 0 spiro atoms. The van der Waals surface area contributed by atoms with Gasteiger partial charge in [-0.3, -0.25) is 9.11 Å². The van der Waals surface area contributed by atoms with Crippen molar-refractivity contribution >= 4 is 53.8 Å². The van der Waals surface area contributed by atoms with Gasteiger partial charge in [-0.1, -0.05) is 36.1 Å². The van der Waals surface area contributed by atoms with E-state index >= 15 is 0 Å². The normalized spacial score (nSPS) is 11.9. The molecular formula is C30H22N4Na2O8S2. The summed E-state index contributed by atoms with van der Waals surface area (Å²) in [6.45, 7) is 3.76. The Kier molecular flexibility index (Phi) is 12.1. The van der Waals surface area contributed by atoms with Gasteiger partial charge in [-0.25, -0.2) is 0 Å². The van der Waals surface area contributed by atoms with Crippen LogP contribution in [0.2, 0.25) is 0 Å². The molecule has 0 aliphatic heterocycles. The summed E-state index contributed by atoms with van der Waals surface area (Å²) in [5.41, 5.74) is 4.30. The third-order valence-electron chi connectivity index (χ3n) is 6.67. The van der Waals surface area contributed by atoms with Gasteiger partial charge >= 0.3 is 59.1 Å². The molecular weight excluding hydrogens is 654 g/mol. The molecule has 16 heteroatoms. The predicted octanol–water partition coefficient (Wildman–Crippen LogP) is 0.603. The smallest absolute Gasteiger partial charge is 0.872 e. The van der Waals surface area contributed by atoms with E-state index in [1.807, 2.05) is 26.0 Å². The Hall–Kier alpha value is -3.02. The minimum absolute atomic E-state index is 0. The van der Waals surface area contributed by atoms with Gasteiger partial charge in [0.15, 0.2) is 0 Å². The predicted molar refractivity (Wildman–Crippen MR) is 159 cm³/mol. The first-order chi connectivity index (χ1) is 20.7. The van der Waals surface area contributed by atoms with Gasteiger partial charge in [0, 0.05) is 0 Å². The van der Waals surface area contributed by atoms with Crippen LogP contribution < -0.4 is 69.3 Å². The molecule has 0 saturated heterocycles. The molecule has 46 heavy (non-hydrogen) atoms. The topological polar surface area (TPSA) is 204 Å². The summed E-state index contributed by atoms with van der Waals surface area (Å²) < 4.78 is 66.3. The molecule has 0 aliphatic rings. The molecule has 5 aromatic rings. The van der Waals surface area contributed by atoms with E-state index in [0.717, 1.165) is 46.5 Å². The van der Waals surface area contributed by atoms with Crippen LogP contribution >= 0.6 is 0 Å². The van der Waals surface area contributed by atoms with Crippen molar-refractivity contribution in [1.29, 1.82) is 0 Å². The number of benzene rings is 5. The maximum Gasteiger partial charge on any atom is 1.00 e. The van der Waals surface area contributed by atoms with Crippen LogP contribution in [0.15, 0.2) is 115 Å². The van der Waals surface area contributed by atoms with Crippen LogP contribution in [0, 0.1) is 13.8 Å². The van der Waals surface area contributed by atoms with Gasteiger partial charge in [-0.05, 0) is 101 Å². The molecule has 0 aliphatic carbocycles. The van der Waals surface area contributed by atoms with Crippen LogP contribution in [0.25, 0.3) is 21.9 Å². The first kappa shape index (κ1) is 37.4. The van der Waals surface area contributed by atoms with E-state index in [1.54, 1.807) is 36.4 Å². The van der Waals surface area contributed by atoms with E-state index < -0.39 is 41.5 Å². The SMILES string of the molecule is Cc1cc(N=Nc2ccc([O-])cc2)ccc1-c1ccc(N=Nc2c(S(=O)(=O)O)cc3cc(S(=O)(=O)O)ccc3c2[O-])cc1C.[Na+].[Na+]. The Morgan fingerprint density at radius 2 is 1.09 bits per heavy atom. The molecule has 2 N–H and O–H groups in total. The Labute approximate surface area is 309 Å². The van der Waals surface area contributed by atoms with Crippen LogP contribution in [0.5, 0.6) is 11.5 Å². The summed E-state index contributed by atoms with van der Waals surface area (Å²) in [6.07, 6.45) is 0. The van der Waals surface area contributed by atoms with Crippen molar-refractivity contribution in [2.45, 2.75) is 23.6 Å². The molecule has 0 amide bonds. The minimum atomic E-state index is -4.97. The van der Waals surface area contributed by atoms with E-state index in [4.69, 9.17) is 0 Å². The maximum atomic E-state index is 13.1. The average molecular weight is 677 g/mol. The number of nitrogens with zero attached hydrogens (tertiary/aromatic N) is 4. The van der Waals surface area contributed by atoms with Crippen LogP contribution in [0.3, 0.4) is 0 Å². The van der Waals surface area contributed by atoms with Gasteiger partial charge in [-0.15, -0.1) is 10.9 Å². The molecule has 0 bridgehead atoms. The van der Waals surface area contributed by atoms with Crippen molar-refractivity contribution in [3.05, 3.63) is 96.1 Å². The van der Waals surface area contributed by atoms with Crippen molar-refractivity contribution in [3.8, 4) is 22.6 Å². The van der Waals surface area contributed by atoms with Gasteiger partial charge < -0.3 is 10.2 Å². The maximum absolute atomic E-state index is 13.1. The molecule has 224 valence electrons. The monoisotopic (exact) mass is 676 g/mol. The van der Waals surface area contributed by atoms with Crippen LogP contribution in [-0.2, 0) is 20.2 Å². The number of hydrogen-bond donors (Lipinski definition) is 2. The number of aryl methyl sites for hydroxylation is 2. The zero-order chi connectivity index (χ0) is 31.8. The van der Waals surface area contributed by atoms with E-state index in [1.165, 1.54) is 12.1 Å². The molecule has 5 rings (SSSR count). The fourth-order valence-electron chi connectivity index (χ4n) is 4.53. The molecule has 0 fully saturated rings. The van der Waals surface area contributed by atoms with Crippen molar-refractivity contribution in [2.75, 3.05) is 0 Å². The molecule has 0 radical (unpaired) electrons. The zero-order valence-electron chi connectivity index (χ0n) is 25.0. The fourth-order valence-corrected chi connectivity index (χ4v) is 5.70. The first-order valence-corrected chi connectivity index (χ1v) is 15.6. The Bertz CT molecular complexity index is 2230. The van der Waals surface area contributed by atoms with Crippen LogP contribution in [0.4, 0.5) is 22.7 Å². The van der Waals surface area contributed by atoms with Crippen molar-refractivity contribution in [2.24, 2.45) is 20.5 Å². The largest absolute Gasteiger partial charge is 1.00 e. The second-order valence-corrected chi connectivity index (χ2v) is 12.6. The average Bonchev–Trinajstić information content (AvgIpc) is 2.95. The third-order valence-corrected chi connectivity index (χ3v) is 8.39. The quantitative estimate of drug-likeness (QED) is 0.142. The molecule has 0 heterocycles. The molecule has 0 atom stereocenters. The number of hydrogen-bond acceptors (Lipinski definition) is 10. The molecule has 0 saturated carbocycles. The Morgan fingerprint density at radius 1 is 0.587 bits per heavy atom. The Balaban J connectivity index is 0.00000288. The standard InChI is InChI=1S/C30H24N4O8S2.2Na/c1-17-13-21(32-31-20-3-7-23(35)8-4-20)5-10-25(17)26-11-6-22(14-18(26)2)33-34-29-28(44(40,41)42)16-19-15-24(43(37,38)39)9-12-27(19)30(29)36;;/h3-16,35-36H,1-2H3,(H,37,38,39)(H,40,41,42);;/q;2*+1/p-2. The second-order valence-electron chi connectivity index (χ2n) is 9.78.